The highest BCUT2D eigenvalue weighted by Crippen LogP contribution is 2.30. The molecule has 0 saturated heterocycles. The smallest absolute Gasteiger partial charge is 0.210 e. The number of benzene rings is 2. The number of aromatic nitrogens is 2. The predicted molar refractivity (Wildman–Crippen MR) is 95.1 cm³/mol. The lowest BCUT2D eigenvalue weighted by molar-refractivity contribution is 1.01. The third-order valence-electron chi connectivity index (χ3n) is 3.15. The molecule has 1 aromatic heterocycles. The van der Waals surface area contributed by atoms with E-state index in [9.17, 15) is 0 Å². The minimum Gasteiger partial charge on any atom is -0.330 e. The van der Waals surface area contributed by atoms with Crippen molar-refractivity contribution in [3.05, 3.63) is 65.2 Å². The quantitative estimate of drug-likeness (QED) is 0.654. The first-order chi connectivity index (χ1) is 10.7. The second kappa shape index (κ2) is 6.94. The van der Waals surface area contributed by atoms with Gasteiger partial charge in [-0.2, -0.15) is 0 Å². The van der Waals surface area contributed by atoms with E-state index in [1.165, 1.54) is 16.7 Å². The van der Waals surface area contributed by atoms with E-state index >= 15 is 0 Å². The van der Waals surface area contributed by atoms with Crippen LogP contribution in [0.2, 0.25) is 0 Å². The van der Waals surface area contributed by atoms with Crippen molar-refractivity contribution in [1.29, 1.82) is 0 Å². The third kappa shape index (κ3) is 4.08. The average molecular weight is 327 g/mol. The van der Waals surface area contributed by atoms with Gasteiger partial charge in [0.1, 0.15) is 0 Å². The molecule has 3 aromatic rings. The van der Waals surface area contributed by atoms with Crippen molar-refractivity contribution in [2.75, 3.05) is 5.32 Å². The van der Waals surface area contributed by atoms with Crippen LogP contribution in [-0.2, 0) is 5.75 Å². The molecule has 0 spiro atoms. The molecule has 1 N–H and O–H groups in total. The van der Waals surface area contributed by atoms with Gasteiger partial charge in [0.25, 0.3) is 0 Å². The lowest BCUT2D eigenvalue weighted by atomic mass is 10.2. The molecule has 0 amide bonds. The molecule has 1 heterocycles. The highest BCUT2D eigenvalue weighted by molar-refractivity contribution is 8.00. The van der Waals surface area contributed by atoms with E-state index in [1.807, 2.05) is 0 Å². The summed E-state index contributed by atoms with van der Waals surface area (Å²) in [7, 11) is 0. The van der Waals surface area contributed by atoms with E-state index in [0.717, 1.165) is 20.9 Å². The molecule has 5 heteroatoms. The fraction of sp³-hybridized carbons (Fsp3) is 0.176. The Morgan fingerprint density at radius 2 is 1.82 bits per heavy atom. The maximum atomic E-state index is 4.24. The molecule has 2 aromatic carbocycles. The molecule has 0 aliphatic heterocycles. The van der Waals surface area contributed by atoms with Crippen LogP contribution in [0.3, 0.4) is 0 Å². The molecule has 0 atom stereocenters. The molecule has 3 rings (SSSR count). The van der Waals surface area contributed by atoms with E-state index in [0.29, 0.717) is 0 Å². The largest absolute Gasteiger partial charge is 0.330 e. The number of aryl methyl sites for hydroxylation is 2. The zero-order chi connectivity index (χ0) is 15.4. The zero-order valence-electron chi connectivity index (χ0n) is 12.5. The normalized spacial score (nSPS) is 10.6. The van der Waals surface area contributed by atoms with Crippen LogP contribution in [0, 0.1) is 13.8 Å². The fourth-order valence-corrected chi connectivity index (χ4v) is 3.74. The number of hydrogen-bond acceptors (Lipinski definition) is 5. The van der Waals surface area contributed by atoms with Crippen LogP contribution in [0.5, 0.6) is 0 Å². The lowest BCUT2D eigenvalue weighted by Gasteiger charge is -2.01. The van der Waals surface area contributed by atoms with Crippen LogP contribution in [-0.4, -0.2) is 10.2 Å². The van der Waals surface area contributed by atoms with Gasteiger partial charge in [-0.3, -0.25) is 0 Å². The number of anilines is 2. The topological polar surface area (TPSA) is 37.8 Å². The van der Waals surface area contributed by atoms with Crippen LogP contribution in [0.15, 0.2) is 52.9 Å². The molecule has 0 fully saturated rings. The van der Waals surface area contributed by atoms with Crippen molar-refractivity contribution in [1.82, 2.24) is 10.2 Å². The minimum absolute atomic E-state index is 0.829. The number of hydrogen-bond donors (Lipinski definition) is 1. The molecular formula is C17H17N3S2. The fourth-order valence-electron chi connectivity index (χ4n) is 2.03. The van der Waals surface area contributed by atoms with Gasteiger partial charge in [-0.25, -0.2) is 0 Å². The summed E-state index contributed by atoms with van der Waals surface area (Å²) < 4.78 is 0.983. The van der Waals surface area contributed by atoms with Gasteiger partial charge in [0.15, 0.2) is 4.34 Å². The Labute approximate surface area is 138 Å². The summed E-state index contributed by atoms with van der Waals surface area (Å²) in [5.74, 6) is 0.918. The number of rotatable bonds is 5. The molecule has 0 radical (unpaired) electrons. The SMILES string of the molecule is Cc1ccc(Nc2nnc(SCc3cccc(C)c3)s2)cc1. The molecule has 3 nitrogen and oxygen atoms in total. The second-order valence-electron chi connectivity index (χ2n) is 5.14. The van der Waals surface area contributed by atoms with Gasteiger partial charge in [0.2, 0.25) is 5.13 Å². The molecule has 22 heavy (non-hydrogen) atoms. The van der Waals surface area contributed by atoms with E-state index in [-0.39, 0.29) is 0 Å². The second-order valence-corrected chi connectivity index (χ2v) is 7.34. The van der Waals surface area contributed by atoms with Crippen molar-refractivity contribution in [3.8, 4) is 0 Å². The Kier molecular flexibility index (Phi) is 4.75. The Morgan fingerprint density at radius 3 is 2.59 bits per heavy atom. The number of nitrogens with zero attached hydrogens (tertiary/aromatic N) is 2. The van der Waals surface area contributed by atoms with Crippen LogP contribution in [0.4, 0.5) is 10.8 Å². The first-order valence-electron chi connectivity index (χ1n) is 7.04. The summed E-state index contributed by atoms with van der Waals surface area (Å²) in [5.41, 5.74) is 4.89. The van der Waals surface area contributed by atoms with E-state index < -0.39 is 0 Å². The van der Waals surface area contributed by atoms with Gasteiger partial charge < -0.3 is 5.32 Å². The third-order valence-corrected chi connectivity index (χ3v) is 5.20. The first kappa shape index (κ1) is 15.1. The molecule has 0 bridgehead atoms. The maximum absolute atomic E-state index is 4.24. The summed E-state index contributed by atoms with van der Waals surface area (Å²) >= 11 is 3.31. The molecular weight excluding hydrogens is 310 g/mol. The van der Waals surface area contributed by atoms with Crippen molar-refractivity contribution in [2.45, 2.75) is 23.9 Å². The Morgan fingerprint density at radius 1 is 1.00 bits per heavy atom. The van der Waals surface area contributed by atoms with Gasteiger partial charge in [-0.15, -0.1) is 10.2 Å². The van der Waals surface area contributed by atoms with Crippen molar-refractivity contribution in [3.63, 3.8) is 0 Å². The Bertz CT molecular complexity index is 751. The summed E-state index contributed by atoms with van der Waals surface area (Å²) in [6.45, 7) is 4.19. The van der Waals surface area contributed by atoms with Crippen molar-refractivity contribution >= 4 is 33.9 Å². The molecule has 0 aliphatic carbocycles. The molecule has 0 saturated carbocycles. The predicted octanol–water partition coefficient (Wildman–Crippen LogP) is 5.19. The van der Waals surface area contributed by atoms with Crippen LogP contribution < -0.4 is 5.32 Å². The maximum Gasteiger partial charge on any atom is 0.210 e. The zero-order valence-corrected chi connectivity index (χ0v) is 14.2. The summed E-state index contributed by atoms with van der Waals surface area (Å²) in [5, 5.41) is 12.6. The van der Waals surface area contributed by atoms with Crippen molar-refractivity contribution < 1.29 is 0 Å². The lowest BCUT2D eigenvalue weighted by Crippen LogP contribution is -1.88. The first-order valence-corrected chi connectivity index (χ1v) is 8.85. The number of thioether (sulfide) groups is 1. The van der Waals surface area contributed by atoms with Crippen LogP contribution >= 0.6 is 23.1 Å². The highest BCUT2D eigenvalue weighted by atomic mass is 32.2. The highest BCUT2D eigenvalue weighted by Gasteiger charge is 2.05. The van der Waals surface area contributed by atoms with E-state index in [1.54, 1.807) is 23.1 Å². The summed E-state index contributed by atoms with van der Waals surface area (Å²) in [4.78, 5) is 0. The van der Waals surface area contributed by atoms with Crippen LogP contribution in [0.1, 0.15) is 16.7 Å². The van der Waals surface area contributed by atoms with E-state index in [2.05, 4.69) is 77.9 Å². The van der Waals surface area contributed by atoms with E-state index in [4.69, 9.17) is 0 Å². The monoisotopic (exact) mass is 327 g/mol. The Balaban J connectivity index is 1.60. The van der Waals surface area contributed by atoms with Crippen molar-refractivity contribution in [2.24, 2.45) is 0 Å². The van der Waals surface area contributed by atoms with Gasteiger partial charge in [0, 0.05) is 11.4 Å². The molecule has 0 aliphatic rings. The summed E-state index contributed by atoms with van der Waals surface area (Å²) in [6.07, 6.45) is 0. The van der Waals surface area contributed by atoms with Gasteiger partial charge in [-0.1, -0.05) is 70.6 Å². The van der Waals surface area contributed by atoms with Crippen LogP contribution in [0.25, 0.3) is 0 Å². The number of nitrogens with one attached hydrogen (secondary N) is 1. The van der Waals surface area contributed by atoms with Gasteiger partial charge in [0.05, 0.1) is 0 Å². The van der Waals surface area contributed by atoms with Gasteiger partial charge >= 0.3 is 0 Å². The average Bonchev–Trinajstić information content (AvgIpc) is 2.95. The molecule has 0 unspecified atom stereocenters. The standard InChI is InChI=1S/C17H17N3S2/c1-12-6-8-15(9-7-12)18-16-19-20-17(22-16)21-11-14-5-3-4-13(2)10-14/h3-10H,11H2,1-2H3,(H,18,19). The Hall–Kier alpha value is -1.85. The van der Waals surface area contributed by atoms with Gasteiger partial charge in [-0.05, 0) is 31.5 Å². The molecule has 112 valence electrons. The minimum atomic E-state index is 0.829. The summed E-state index contributed by atoms with van der Waals surface area (Å²) in [6, 6.07) is 16.8.